The molecular formula is C19H27N3O3. The Kier molecular flexibility index (Phi) is 7.03. The van der Waals surface area contributed by atoms with Gasteiger partial charge in [0.25, 0.3) is 0 Å². The molecule has 25 heavy (non-hydrogen) atoms. The second-order valence-electron chi connectivity index (χ2n) is 6.12. The van der Waals surface area contributed by atoms with Crippen LogP contribution in [0.3, 0.4) is 0 Å². The van der Waals surface area contributed by atoms with Gasteiger partial charge in [0.1, 0.15) is 11.4 Å². The average Bonchev–Trinajstić information content (AvgIpc) is 3.17. The first-order chi connectivity index (χ1) is 12.1. The first-order valence-electron chi connectivity index (χ1n) is 8.51. The van der Waals surface area contributed by atoms with Crippen molar-refractivity contribution in [1.29, 1.82) is 0 Å². The zero-order chi connectivity index (χ0) is 18.1. The van der Waals surface area contributed by atoms with E-state index < -0.39 is 5.60 Å². The average molecular weight is 345 g/mol. The molecule has 2 unspecified atom stereocenters. The summed E-state index contributed by atoms with van der Waals surface area (Å²) in [7, 11) is 0. The highest BCUT2D eigenvalue weighted by Crippen LogP contribution is 2.21. The molecule has 0 bridgehead atoms. The van der Waals surface area contributed by atoms with Gasteiger partial charge >= 0.3 is 0 Å². The molecule has 2 rings (SSSR count). The maximum Gasteiger partial charge on any atom is 0.191 e. The highest BCUT2D eigenvalue weighted by Gasteiger charge is 2.26. The molecule has 136 valence electrons. The van der Waals surface area contributed by atoms with Crippen molar-refractivity contribution in [3.05, 3.63) is 60.1 Å². The van der Waals surface area contributed by atoms with Crippen LogP contribution in [0.5, 0.6) is 0 Å². The minimum Gasteiger partial charge on any atom is -0.466 e. The molecule has 0 aliphatic carbocycles. The summed E-state index contributed by atoms with van der Waals surface area (Å²) in [4.78, 5) is 4.44. The van der Waals surface area contributed by atoms with Crippen LogP contribution in [0.4, 0.5) is 0 Å². The zero-order valence-electron chi connectivity index (χ0n) is 14.8. The smallest absolute Gasteiger partial charge is 0.191 e. The van der Waals surface area contributed by atoms with E-state index in [1.165, 1.54) is 6.26 Å². The predicted molar refractivity (Wildman–Crippen MR) is 98.5 cm³/mol. The summed E-state index contributed by atoms with van der Waals surface area (Å²) in [5.41, 5.74) is -0.113. The number of aliphatic hydroxyl groups excluding tert-OH is 1. The molecule has 0 spiro atoms. The number of aliphatic hydroxyl groups is 2. The van der Waals surface area contributed by atoms with Gasteiger partial charge in [0.05, 0.1) is 19.4 Å². The minimum atomic E-state index is -1.18. The number of nitrogens with zero attached hydrogens (tertiary/aromatic N) is 1. The molecule has 4 N–H and O–H groups in total. The fraction of sp³-hybridized carbons (Fsp3) is 0.421. The van der Waals surface area contributed by atoms with E-state index in [9.17, 15) is 10.2 Å². The van der Waals surface area contributed by atoms with Gasteiger partial charge in [-0.3, -0.25) is 0 Å². The Labute approximate surface area is 148 Å². The van der Waals surface area contributed by atoms with E-state index >= 15 is 0 Å². The molecule has 6 heteroatoms. The summed E-state index contributed by atoms with van der Waals surface area (Å²) in [6.07, 6.45) is 1.53. The second kappa shape index (κ2) is 9.25. The van der Waals surface area contributed by atoms with Gasteiger partial charge in [0.15, 0.2) is 5.96 Å². The molecule has 2 aromatic rings. The van der Waals surface area contributed by atoms with Crippen LogP contribution in [0.15, 0.2) is 58.1 Å². The van der Waals surface area contributed by atoms with E-state index in [4.69, 9.17) is 4.42 Å². The van der Waals surface area contributed by atoms with Gasteiger partial charge in [-0.15, -0.1) is 0 Å². The number of hydrogen-bond acceptors (Lipinski definition) is 4. The Hall–Kier alpha value is -2.31. The molecule has 6 nitrogen and oxygen atoms in total. The highest BCUT2D eigenvalue weighted by molar-refractivity contribution is 5.79. The lowest BCUT2D eigenvalue weighted by Crippen LogP contribution is -2.41. The normalized spacial score (nSPS) is 15.4. The van der Waals surface area contributed by atoms with Crippen molar-refractivity contribution in [2.45, 2.75) is 25.4 Å². The van der Waals surface area contributed by atoms with E-state index in [1.807, 2.05) is 37.3 Å². The van der Waals surface area contributed by atoms with Crippen LogP contribution in [0, 0.1) is 0 Å². The molecule has 0 saturated heterocycles. The summed E-state index contributed by atoms with van der Waals surface area (Å²) in [5, 5.41) is 26.5. The topological polar surface area (TPSA) is 90.0 Å². The van der Waals surface area contributed by atoms with Gasteiger partial charge in [-0.1, -0.05) is 30.3 Å². The van der Waals surface area contributed by atoms with Crippen molar-refractivity contribution in [3.63, 3.8) is 0 Å². The molecule has 0 aliphatic rings. The largest absolute Gasteiger partial charge is 0.466 e. The monoisotopic (exact) mass is 345 g/mol. The van der Waals surface area contributed by atoms with Crippen molar-refractivity contribution in [2.75, 3.05) is 26.2 Å². The van der Waals surface area contributed by atoms with Crippen molar-refractivity contribution >= 4 is 5.96 Å². The maximum absolute atomic E-state index is 10.5. The van der Waals surface area contributed by atoms with E-state index in [1.54, 1.807) is 19.1 Å². The van der Waals surface area contributed by atoms with E-state index in [2.05, 4.69) is 15.6 Å². The minimum absolute atomic E-state index is 0.0318. The summed E-state index contributed by atoms with van der Waals surface area (Å²) >= 11 is 0. The third-order valence-corrected chi connectivity index (χ3v) is 3.95. The molecule has 1 heterocycles. The molecule has 0 fully saturated rings. The van der Waals surface area contributed by atoms with Gasteiger partial charge in [0, 0.05) is 19.0 Å². The number of hydrogen-bond donors (Lipinski definition) is 4. The molecule has 2 atom stereocenters. The van der Waals surface area contributed by atoms with Gasteiger partial charge < -0.3 is 25.3 Å². The molecule has 0 amide bonds. The number of guanidine groups is 1. The fourth-order valence-electron chi connectivity index (χ4n) is 2.47. The molecule has 1 aromatic carbocycles. The lowest BCUT2D eigenvalue weighted by molar-refractivity contribution is 0.0437. The Morgan fingerprint density at radius 3 is 2.56 bits per heavy atom. The molecule has 0 saturated carbocycles. The van der Waals surface area contributed by atoms with Crippen LogP contribution in [0.2, 0.25) is 0 Å². The number of benzene rings is 1. The molecule has 0 radical (unpaired) electrons. The lowest BCUT2D eigenvalue weighted by Gasteiger charge is -2.21. The zero-order valence-corrected chi connectivity index (χ0v) is 14.8. The van der Waals surface area contributed by atoms with Crippen molar-refractivity contribution < 1.29 is 14.6 Å². The van der Waals surface area contributed by atoms with Crippen LogP contribution >= 0.6 is 0 Å². The van der Waals surface area contributed by atoms with Crippen molar-refractivity contribution in [1.82, 2.24) is 10.6 Å². The van der Waals surface area contributed by atoms with Crippen LogP contribution in [-0.2, 0) is 5.60 Å². The molecular weight excluding hydrogens is 318 g/mol. The van der Waals surface area contributed by atoms with E-state index in [0.29, 0.717) is 24.8 Å². The van der Waals surface area contributed by atoms with Gasteiger partial charge in [-0.25, -0.2) is 4.99 Å². The second-order valence-corrected chi connectivity index (χ2v) is 6.12. The first kappa shape index (κ1) is 19.0. The van der Waals surface area contributed by atoms with Crippen molar-refractivity contribution in [3.8, 4) is 0 Å². The van der Waals surface area contributed by atoms with Crippen molar-refractivity contribution in [2.24, 2.45) is 4.99 Å². The number of nitrogens with one attached hydrogen (secondary N) is 2. The van der Waals surface area contributed by atoms with Gasteiger partial charge in [-0.2, -0.15) is 0 Å². The van der Waals surface area contributed by atoms with Gasteiger partial charge in [-0.05, 0) is 31.5 Å². The van der Waals surface area contributed by atoms with E-state index in [-0.39, 0.29) is 19.1 Å². The Morgan fingerprint density at radius 1 is 1.20 bits per heavy atom. The fourth-order valence-corrected chi connectivity index (χ4v) is 2.47. The molecule has 1 aromatic heterocycles. The van der Waals surface area contributed by atoms with Crippen LogP contribution in [0.25, 0.3) is 0 Å². The Morgan fingerprint density at radius 2 is 1.96 bits per heavy atom. The summed E-state index contributed by atoms with van der Waals surface area (Å²) in [5.74, 6) is 1.03. The standard InChI is InChI=1S/C19H27N3O3/c1-3-20-18(22-14-19(2,24)17-10-7-11-25-17)21-12-16(13-23)15-8-5-4-6-9-15/h4-11,16,23-24H,3,12-14H2,1-2H3,(H2,20,21,22). The quantitative estimate of drug-likeness (QED) is 0.433. The summed E-state index contributed by atoms with van der Waals surface area (Å²) in [6.45, 7) is 5.08. The molecule has 0 aliphatic heterocycles. The Balaban J connectivity index is 2.00. The number of aliphatic imine (C=N–C) groups is 1. The van der Waals surface area contributed by atoms with E-state index in [0.717, 1.165) is 5.56 Å². The summed E-state index contributed by atoms with van der Waals surface area (Å²) < 4.78 is 5.27. The third-order valence-electron chi connectivity index (χ3n) is 3.95. The summed E-state index contributed by atoms with van der Waals surface area (Å²) in [6, 6.07) is 13.3. The Bertz CT molecular complexity index is 639. The lowest BCUT2D eigenvalue weighted by atomic mass is 10.0. The maximum atomic E-state index is 10.5. The van der Waals surface area contributed by atoms with Crippen LogP contribution in [-0.4, -0.2) is 42.4 Å². The highest BCUT2D eigenvalue weighted by atomic mass is 16.4. The number of rotatable bonds is 8. The van der Waals surface area contributed by atoms with Crippen LogP contribution < -0.4 is 10.6 Å². The van der Waals surface area contributed by atoms with Crippen LogP contribution in [0.1, 0.15) is 31.1 Å². The number of furan rings is 1. The van der Waals surface area contributed by atoms with Gasteiger partial charge in [0.2, 0.25) is 0 Å². The SMILES string of the molecule is CCNC(=NCC(C)(O)c1ccco1)NCC(CO)c1ccccc1. The first-order valence-corrected chi connectivity index (χ1v) is 8.51. The predicted octanol–water partition coefficient (Wildman–Crippen LogP) is 1.82. The third kappa shape index (κ3) is 5.62.